The first-order valence-corrected chi connectivity index (χ1v) is 4.15. The van der Waals surface area contributed by atoms with Crippen LogP contribution in [0.4, 0.5) is 0 Å². The zero-order valence-corrected chi connectivity index (χ0v) is 7.16. The van der Waals surface area contributed by atoms with Crippen molar-refractivity contribution in [1.82, 2.24) is 0 Å². The molecule has 60 valence electrons. The predicted octanol–water partition coefficient (Wildman–Crippen LogP) is 0.774. The molecule has 0 aliphatic carbocycles. The van der Waals surface area contributed by atoms with Gasteiger partial charge < -0.3 is 10.8 Å². The standard InChI is InChI=1S/C6H14N2OS/c1-3-6(2,9)4-10-5(7)8/h9H,3-4H2,1-2H3,(H3,7,8). The molecule has 0 aliphatic rings. The zero-order valence-electron chi connectivity index (χ0n) is 6.35. The van der Waals surface area contributed by atoms with E-state index in [1.165, 1.54) is 11.8 Å². The fourth-order valence-corrected chi connectivity index (χ4v) is 1.01. The summed E-state index contributed by atoms with van der Waals surface area (Å²) in [6, 6.07) is 0. The van der Waals surface area contributed by atoms with Crippen LogP contribution in [0.25, 0.3) is 0 Å². The van der Waals surface area contributed by atoms with Crippen LogP contribution < -0.4 is 5.73 Å². The normalized spacial score (nSPS) is 16.3. The second kappa shape index (κ2) is 3.83. The molecular formula is C6H14N2OS. The molecule has 0 amide bonds. The Kier molecular flexibility index (Phi) is 3.75. The first-order chi connectivity index (χ1) is 4.48. The quantitative estimate of drug-likeness (QED) is 0.424. The maximum Gasteiger partial charge on any atom is 0.151 e. The van der Waals surface area contributed by atoms with E-state index in [0.717, 1.165) is 0 Å². The molecule has 1 atom stereocenters. The van der Waals surface area contributed by atoms with Crippen molar-refractivity contribution >= 4 is 16.9 Å². The van der Waals surface area contributed by atoms with Crippen LogP contribution in [0.1, 0.15) is 20.3 Å². The van der Waals surface area contributed by atoms with Gasteiger partial charge in [0.25, 0.3) is 0 Å². The number of nitrogens with two attached hydrogens (primary N) is 1. The second-order valence-corrected chi connectivity index (χ2v) is 3.52. The number of rotatable bonds is 3. The van der Waals surface area contributed by atoms with E-state index in [2.05, 4.69) is 0 Å². The molecule has 10 heavy (non-hydrogen) atoms. The lowest BCUT2D eigenvalue weighted by Crippen LogP contribution is -2.27. The number of hydrogen-bond acceptors (Lipinski definition) is 3. The number of aliphatic hydroxyl groups is 1. The van der Waals surface area contributed by atoms with Gasteiger partial charge in [0.2, 0.25) is 0 Å². The van der Waals surface area contributed by atoms with E-state index in [-0.39, 0.29) is 5.17 Å². The Balaban J connectivity index is 3.56. The predicted molar refractivity (Wildman–Crippen MR) is 45.3 cm³/mol. The minimum Gasteiger partial charge on any atom is -0.389 e. The fourth-order valence-electron chi connectivity index (χ4n) is 0.335. The summed E-state index contributed by atoms with van der Waals surface area (Å²) in [5, 5.41) is 16.3. The molecule has 0 bridgehead atoms. The Hall–Kier alpha value is -0.220. The Labute approximate surface area is 65.5 Å². The molecule has 0 aliphatic heterocycles. The summed E-state index contributed by atoms with van der Waals surface area (Å²) in [5.41, 5.74) is 4.41. The number of thioether (sulfide) groups is 1. The van der Waals surface area contributed by atoms with Gasteiger partial charge in [-0.1, -0.05) is 18.7 Å². The van der Waals surface area contributed by atoms with Crippen molar-refractivity contribution in [1.29, 1.82) is 5.41 Å². The van der Waals surface area contributed by atoms with Gasteiger partial charge in [0, 0.05) is 5.75 Å². The van der Waals surface area contributed by atoms with E-state index in [1.54, 1.807) is 6.92 Å². The molecule has 4 heteroatoms. The van der Waals surface area contributed by atoms with Gasteiger partial charge in [-0.25, -0.2) is 0 Å². The summed E-state index contributed by atoms with van der Waals surface area (Å²) in [6.07, 6.45) is 0.688. The van der Waals surface area contributed by atoms with E-state index in [9.17, 15) is 5.11 Å². The topological polar surface area (TPSA) is 70.1 Å². The van der Waals surface area contributed by atoms with Crippen molar-refractivity contribution in [3.63, 3.8) is 0 Å². The molecule has 0 aromatic carbocycles. The van der Waals surface area contributed by atoms with Gasteiger partial charge >= 0.3 is 0 Å². The summed E-state index contributed by atoms with van der Waals surface area (Å²) in [4.78, 5) is 0. The molecule has 0 saturated carbocycles. The minimum atomic E-state index is -0.684. The summed E-state index contributed by atoms with van der Waals surface area (Å²) in [5.74, 6) is 0.499. The molecule has 0 aromatic heterocycles. The van der Waals surface area contributed by atoms with Gasteiger partial charge in [0.1, 0.15) is 0 Å². The van der Waals surface area contributed by atoms with Crippen LogP contribution in [0.5, 0.6) is 0 Å². The monoisotopic (exact) mass is 162 g/mol. The molecule has 0 rings (SSSR count). The maximum atomic E-state index is 9.40. The molecule has 0 radical (unpaired) electrons. The smallest absolute Gasteiger partial charge is 0.151 e. The van der Waals surface area contributed by atoms with Crippen molar-refractivity contribution in [2.24, 2.45) is 5.73 Å². The highest BCUT2D eigenvalue weighted by Gasteiger charge is 2.17. The van der Waals surface area contributed by atoms with Crippen LogP contribution in [0.3, 0.4) is 0 Å². The average molecular weight is 162 g/mol. The molecule has 1 unspecified atom stereocenters. The Morgan fingerprint density at radius 2 is 2.30 bits per heavy atom. The van der Waals surface area contributed by atoms with E-state index in [1.807, 2.05) is 6.92 Å². The average Bonchev–Trinajstić information content (AvgIpc) is 1.85. The highest BCUT2D eigenvalue weighted by atomic mass is 32.2. The number of amidine groups is 1. The third kappa shape index (κ3) is 4.64. The molecule has 0 aromatic rings. The van der Waals surface area contributed by atoms with Crippen molar-refractivity contribution in [3.05, 3.63) is 0 Å². The third-order valence-electron chi connectivity index (χ3n) is 1.30. The Morgan fingerprint density at radius 3 is 2.60 bits per heavy atom. The van der Waals surface area contributed by atoms with Crippen LogP contribution in [0.15, 0.2) is 0 Å². The SMILES string of the molecule is CCC(C)(O)CSC(=N)N. The fraction of sp³-hybridized carbons (Fsp3) is 0.833. The van der Waals surface area contributed by atoms with E-state index in [4.69, 9.17) is 11.1 Å². The molecule has 0 fully saturated rings. The second-order valence-electron chi connectivity index (χ2n) is 2.50. The lowest BCUT2D eigenvalue weighted by atomic mass is 10.1. The van der Waals surface area contributed by atoms with Crippen LogP contribution in [0.2, 0.25) is 0 Å². The lowest BCUT2D eigenvalue weighted by Gasteiger charge is -2.19. The molecule has 3 nitrogen and oxygen atoms in total. The Morgan fingerprint density at radius 1 is 1.80 bits per heavy atom. The van der Waals surface area contributed by atoms with Crippen LogP contribution in [0, 0.1) is 5.41 Å². The number of hydrogen-bond donors (Lipinski definition) is 3. The van der Waals surface area contributed by atoms with Crippen LogP contribution >= 0.6 is 11.8 Å². The molecule has 4 N–H and O–H groups in total. The highest BCUT2D eigenvalue weighted by molar-refractivity contribution is 8.13. The molecule has 0 saturated heterocycles. The maximum absolute atomic E-state index is 9.40. The highest BCUT2D eigenvalue weighted by Crippen LogP contribution is 2.15. The van der Waals surface area contributed by atoms with Gasteiger partial charge in [-0.2, -0.15) is 0 Å². The minimum absolute atomic E-state index is 0.0636. The largest absolute Gasteiger partial charge is 0.389 e. The van der Waals surface area contributed by atoms with Crippen molar-refractivity contribution < 1.29 is 5.11 Å². The molecule has 0 spiro atoms. The zero-order chi connectivity index (χ0) is 8.20. The summed E-state index contributed by atoms with van der Waals surface area (Å²) >= 11 is 1.17. The first kappa shape index (κ1) is 9.78. The van der Waals surface area contributed by atoms with Gasteiger partial charge in [-0.3, -0.25) is 5.41 Å². The van der Waals surface area contributed by atoms with E-state index >= 15 is 0 Å². The van der Waals surface area contributed by atoms with E-state index < -0.39 is 5.60 Å². The molecule has 0 heterocycles. The van der Waals surface area contributed by atoms with Gasteiger partial charge in [0.15, 0.2) is 5.17 Å². The molecular weight excluding hydrogens is 148 g/mol. The van der Waals surface area contributed by atoms with E-state index in [0.29, 0.717) is 12.2 Å². The lowest BCUT2D eigenvalue weighted by molar-refractivity contribution is 0.0818. The van der Waals surface area contributed by atoms with Gasteiger partial charge in [-0.05, 0) is 13.3 Å². The van der Waals surface area contributed by atoms with Crippen molar-refractivity contribution in [2.45, 2.75) is 25.9 Å². The van der Waals surface area contributed by atoms with Crippen molar-refractivity contribution in [2.75, 3.05) is 5.75 Å². The van der Waals surface area contributed by atoms with Crippen molar-refractivity contribution in [3.8, 4) is 0 Å². The number of nitrogens with one attached hydrogen (secondary N) is 1. The van der Waals surface area contributed by atoms with Gasteiger partial charge in [0.05, 0.1) is 5.60 Å². The summed E-state index contributed by atoms with van der Waals surface area (Å²) in [6.45, 7) is 3.64. The summed E-state index contributed by atoms with van der Waals surface area (Å²) in [7, 11) is 0. The van der Waals surface area contributed by atoms with Crippen LogP contribution in [-0.2, 0) is 0 Å². The van der Waals surface area contributed by atoms with Crippen LogP contribution in [-0.4, -0.2) is 21.6 Å². The first-order valence-electron chi connectivity index (χ1n) is 3.17. The van der Waals surface area contributed by atoms with Gasteiger partial charge in [-0.15, -0.1) is 0 Å². The summed E-state index contributed by atoms with van der Waals surface area (Å²) < 4.78 is 0. The third-order valence-corrected chi connectivity index (χ3v) is 2.38. The Bertz CT molecular complexity index is 125.